The van der Waals surface area contributed by atoms with E-state index in [1.807, 2.05) is 55.5 Å². The van der Waals surface area contributed by atoms with Crippen molar-refractivity contribution in [3.05, 3.63) is 58.6 Å². The van der Waals surface area contributed by atoms with Crippen LogP contribution in [0, 0.1) is 0 Å². The van der Waals surface area contributed by atoms with Gasteiger partial charge in [-0.15, -0.1) is 0 Å². The molecule has 0 saturated carbocycles. The normalized spacial score (nSPS) is 10.1. The van der Waals surface area contributed by atoms with Crippen molar-refractivity contribution in [3.63, 3.8) is 0 Å². The second-order valence-electron chi connectivity index (χ2n) is 4.84. The van der Waals surface area contributed by atoms with Gasteiger partial charge >= 0.3 is 6.03 Å². The molecule has 0 fully saturated rings. The lowest BCUT2D eigenvalue weighted by Gasteiger charge is -2.19. The maximum Gasteiger partial charge on any atom is 0.321 e. The molecule has 0 heterocycles. The minimum absolute atomic E-state index is 0.153. The number of nitrogens with zero attached hydrogens (tertiary/aromatic N) is 1. The van der Waals surface area contributed by atoms with Crippen LogP contribution >= 0.6 is 15.9 Å². The van der Waals surface area contributed by atoms with E-state index >= 15 is 0 Å². The number of halogens is 1. The zero-order valence-corrected chi connectivity index (χ0v) is 14.3. The molecule has 0 radical (unpaired) electrons. The molecular formula is C17H19BrN2O2. The molecule has 0 bridgehead atoms. The molecule has 22 heavy (non-hydrogen) atoms. The molecule has 0 aliphatic rings. The molecule has 2 amide bonds. The van der Waals surface area contributed by atoms with Crippen LogP contribution < -0.4 is 10.1 Å². The summed E-state index contributed by atoms with van der Waals surface area (Å²) in [6.45, 7) is 3.09. The second kappa shape index (κ2) is 7.84. The highest BCUT2D eigenvalue weighted by atomic mass is 79.9. The van der Waals surface area contributed by atoms with E-state index in [4.69, 9.17) is 4.74 Å². The average Bonchev–Trinajstić information content (AvgIpc) is 2.51. The predicted molar refractivity (Wildman–Crippen MR) is 92.2 cm³/mol. The molecule has 0 aliphatic carbocycles. The van der Waals surface area contributed by atoms with Crippen molar-refractivity contribution in [2.75, 3.05) is 19.0 Å². The standard InChI is InChI=1S/C17H19BrN2O2/c1-3-22-15-10-8-14(9-11-15)19-17(21)20(2)12-13-6-4-5-7-16(13)18/h4-11H,3,12H2,1-2H3,(H,19,21). The van der Waals surface area contributed by atoms with E-state index in [0.29, 0.717) is 13.2 Å². The van der Waals surface area contributed by atoms with Crippen LogP contribution in [0.5, 0.6) is 5.75 Å². The molecule has 0 aromatic heterocycles. The Hall–Kier alpha value is -2.01. The lowest BCUT2D eigenvalue weighted by atomic mass is 10.2. The van der Waals surface area contributed by atoms with E-state index in [1.54, 1.807) is 11.9 Å². The molecule has 0 unspecified atom stereocenters. The summed E-state index contributed by atoms with van der Waals surface area (Å²) in [5.41, 5.74) is 1.80. The number of nitrogens with one attached hydrogen (secondary N) is 1. The summed E-state index contributed by atoms with van der Waals surface area (Å²) in [5.74, 6) is 0.794. The van der Waals surface area contributed by atoms with Crippen LogP contribution in [-0.2, 0) is 6.54 Å². The molecule has 5 heteroatoms. The van der Waals surface area contributed by atoms with Crippen LogP contribution in [0.3, 0.4) is 0 Å². The summed E-state index contributed by atoms with van der Waals surface area (Å²) in [6, 6.07) is 15.0. The maximum absolute atomic E-state index is 12.2. The average molecular weight is 363 g/mol. The van der Waals surface area contributed by atoms with Gasteiger partial charge < -0.3 is 15.0 Å². The smallest absolute Gasteiger partial charge is 0.321 e. The van der Waals surface area contributed by atoms with Crippen molar-refractivity contribution in [3.8, 4) is 5.75 Å². The Kier molecular flexibility index (Phi) is 5.83. The Morgan fingerprint density at radius 3 is 2.50 bits per heavy atom. The first-order valence-electron chi connectivity index (χ1n) is 7.08. The topological polar surface area (TPSA) is 41.6 Å². The number of benzene rings is 2. The Balaban J connectivity index is 1.95. The van der Waals surface area contributed by atoms with Crippen LogP contribution in [0.15, 0.2) is 53.0 Å². The molecule has 4 nitrogen and oxygen atoms in total. The number of hydrogen-bond donors (Lipinski definition) is 1. The molecule has 0 saturated heterocycles. The molecular weight excluding hydrogens is 344 g/mol. The number of carbonyl (C=O) groups excluding carboxylic acids is 1. The quantitative estimate of drug-likeness (QED) is 0.849. The van der Waals surface area contributed by atoms with Gasteiger partial charge in [0.25, 0.3) is 0 Å². The highest BCUT2D eigenvalue weighted by Gasteiger charge is 2.10. The lowest BCUT2D eigenvalue weighted by Crippen LogP contribution is -2.30. The fourth-order valence-electron chi connectivity index (χ4n) is 1.97. The number of anilines is 1. The third kappa shape index (κ3) is 4.49. The van der Waals surface area contributed by atoms with E-state index in [0.717, 1.165) is 21.5 Å². The third-order valence-corrected chi connectivity index (χ3v) is 3.90. The minimum Gasteiger partial charge on any atom is -0.494 e. The van der Waals surface area contributed by atoms with E-state index < -0.39 is 0 Å². The second-order valence-corrected chi connectivity index (χ2v) is 5.69. The van der Waals surface area contributed by atoms with Gasteiger partial charge in [0, 0.05) is 23.8 Å². The molecule has 0 aliphatic heterocycles. The third-order valence-electron chi connectivity index (χ3n) is 3.13. The molecule has 0 atom stereocenters. The van der Waals surface area contributed by atoms with Crippen LogP contribution in [0.2, 0.25) is 0 Å². The molecule has 116 valence electrons. The van der Waals surface area contributed by atoms with Gasteiger partial charge in [0.05, 0.1) is 6.61 Å². The lowest BCUT2D eigenvalue weighted by molar-refractivity contribution is 0.220. The summed E-state index contributed by atoms with van der Waals surface area (Å²) in [6.07, 6.45) is 0. The van der Waals surface area contributed by atoms with Crippen molar-refractivity contribution in [1.29, 1.82) is 0 Å². The number of rotatable bonds is 5. The number of ether oxygens (including phenoxy) is 1. The van der Waals surface area contributed by atoms with Gasteiger partial charge in [-0.05, 0) is 42.8 Å². The van der Waals surface area contributed by atoms with Gasteiger partial charge in [-0.1, -0.05) is 34.1 Å². The minimum atomic E-state index is -0.153. The largest absolute Gasteiger partial charge is 0.494 e. The molecule has 2 aromatic carbocycles. The number of urea groups is 1. The fraction of sp³-hybridized carbons (Fsp3) is 0.235. The predicted octanol–water partition coefficient (Wildman–Crippen LogP) is 4.51. The maximum atomic E-state index is 12.2. The van der Waals surface area contributed by atoms with Crippen molar-refractivity contribution >= 4 is 27.6 Å². The van der Waals surface area contributed by atoms with Gasteiger partial charge in [0.2, 0.25) is 0 Å². The number of amides is 2. The SMILES string of the molecule is CCOc1ccc(NC(=O)N(C)Cc2ccccc2Br)cc1. The summed E-state index contributed by atoms with van der Waals surface area (Å²) >= 11 is 3.49. The van der Waals surface area contributed by atoms with Gasteiger partial charge in [-0.3, -0.25) is 0 Å². The summed E-state index contributed by atoms with van der Waals surface area (Å²) in [5, 5.41) is 2.87. The van der Waals surface area contributed by atoms with Gasteiger partial charge in [0.1, 0.15) is 5.75 Å². The number of carbonyl (C=O) groups is 1. The van der Waals surface area contributed by atoms with Crippen LogP contribution in [0.1, 0.15) is 12.5 Å². The van der Waals surface area contributed by atoms with Gasteiger partial charge in [-0.2, -0.15) is 0 Å². The molecule has 2 aromatic rings. The van der Waals surface area contributed by atoms with Crippen molar-refractivity contribution in [1.82, 2.24) is 4.90 Å². The first-order valence-corrected chi connectivity index (χ1v) is 7.88. The van der Waals surface area contributed by atoms with Crippen LogP contribution in [-0.4, -0.2) is 24.6 Å². The van der Waals surface area contributed by atoms with E-state index in [9.17, 15) is 4.79 Å². The zero-order chi connectivity index (χ0) is 15.9. The van der Waals surface area contributed by atoms with Gasteiger partial charge in [0.15, 0.2) is 0 Å². The first-order chi connectivity index (χ1) is 10.6. The molecule has 1 N–H and O–H groups in total. The Bertz CT molecular complexity index is 629. The van der Waals surface area contributed by atoms with Crippen LogP contribution in [0.4, 0.5) is 10.5 Å². The first kappa shape index (κ1) is 16.4. The monoisotopic (exact) mass is 362 g/mol. The van der Waals surface area contributed by atoms with Crippen molar-refractivity contribution in [2.45, 2.75) is 13.5 Å². The highest BCUT2D eigenvalue weighted by Crippen LogP contribution is 2.19. The highest BCUT2D eigenvalue weighted by molar-refractivity contribution is 9.10. The van der Waals surface area contributed by atoms with Crippen LogP contribution in [0.25, 0.3) is 0 Å². The summed E-state index contributed by atoms with van der Waals surface area (Å²) in [4.78, 5) is 13.8. The van der Waals surface area contributed by atoms with E-state index in [2.05, 4.69) is 21.2 Å². The molecule has 2 rings (SSSR count). The Morgan fingerprint density at radius 1 is 1.18 bits per heavy atom. The summed E-state index contributed by atoms with van der Waals surface area (Å²) < 4.78 is 6.37. The fourth-order valence-corrected chi connectivity index (χ4v) is 2.38. The van der Waals surface area contributed by atoms with Crippen molar-refractivity contribution in [2.24, 2.45) is 0 Å². The van der Waals surface area contributed by atoms with E-state index in [1.165, 1.54) is 0 Å². The van der Waals surface area contributed by atoms with E-state index in [-0.39, 0.29) is 6.03 Å². The Morgan fingerprint density at radius 2 is 1.86 bits per heavy atom. The Labute approximate surface area is 139 Å². The number of hydrogen-bond acceptors (Lipinski definition) is 2. The molecule has 0 spiro atoms. The summed E-state index contributed by atoms with van der Waals surface area (Å²) in [7, 11) is 1.77. The van der Waals surface area contributed by atoms with Gasteiger partial charge in [-0.25, -0.2) is 4.79 Å². The van der Waals surface area contributed by atoms with Crippen molar-refractivity contribution < 1.29 is 9.53 Å². The zero-order valence-electron chi connectivity index (χ0n) is 12.7.